The fourth-order valence-electron chi connectivity index (χ4n) is 2.40. The number of ether oxygens (including phenoxy) is 1. The molecule has 6 nitrogen and oxygen atoms in total. The molecular weight excluding hydrogens is 339 g/mol. The predicted octanol–water partition coefficient (Wildman–Crippen LogP) is 2.30. The van der Waals surface area contributed by atoms with E-state index < -0.39 is 23.7 Å². The van der Waals surface area contributed by atoms with Crippen LogP contribution in [0.25, 0.3) is 0 Å². The van der Waals surface area contributed by atoms with Crippen molar-refractivity contribution in [3.63, 3.8) is 0 Å². The smallest absolute Gasteiger partial charge is 0.328 e. The number of methoxy groups -OCH3 is 1. The first-order valence-corrected chi connectivity index (χ1v) is 7.90. The zero-order valence-corrected chi connectivity index (χ0v) is 14.4. The van der Waals surface area contributed by atoms with Crippen molar-refractivity contribution in [3.05, 3.63) is 65.5 Å². The summed E-state index contributed by atoms with van der Waals surface area (Å²) in [7, 11) is 1.19. The first kappa shape index (κ1) is 19.1. The Morgan fingerprint density at radius 3 is 2.50 bits per heavy atom. The Morgan fingerprint density at radius 1 is 1.12 bits per heavy atom. The highest BCUT2D eigenvalue weighted by Gasteiger charge is 2.24. The molecule has 1 atom stereocenters. The lowest BCUT2D eigenvalue weighted by atomic mass is 10.0. The van der Waals surface area contributed by atoms with E-state index in [-0.39, 0.29) is 23.5 Å². The van der Waals surface area contributed by atoms with Gasteiger partial charge in [0.2, 0.25) is 5.91 Å². The molecule has 7 heteroatoms. The average Bonchev–Trinajstić information content (AvgIpc) is 2.61. The fourth-order valence-corrected chi connectivity index (χ4v) is 2.40. The largest absolute Gasteiger partial charge is 0.467 e. The number of carbonyl (C=O) groups is 3. The van der Waals surface area contributed by atoms with Gasteiger partial charge in [-0.15, -0.1) is 0 Å². The van der Waals surface area contributed by atoms with Crippen LogP contribution >= 0.6 is 0 Å². The van der Waals surface area contributed by atoms with Crippen molar-refractivity contribution in [2.75, 3.05) is 12.4 Å². The molecule has 2 rings (SSSR count). The minimum absolute atomic E-state index is 0.0452. The van der Waals surface area contributed by atoms with Crippen LogP contribution in [0.5, 0.6) is 0 Å². The van der Waals surface area contributed by atoms with E-state index in [9.17, 15) is 18.8 Å². The molecule has 0 heterocycles. The summed E-state index contributed by atoms with van der Waals surface area (Å²) in [4.78, 5) is 35.6. The Morgan fingerprint density at radius 2 is 1.85 bits per heavy atom. The standard InChI is InChI=1S/C19H19FN2O4/c1-12(23)21-15-8-5-7-14(10-15)18(24)22-17(19(25)26-2)11-13-6-3-4-9-16(13)20/h3-10,17H,11H2,1-2H3,(H,21,23)(H,22,24)/t17-/m1/s1. The maximum absolute atomic E-state index is 13.8. The van der Waals surface area contributed by atoms with Gasteiger partial charge < -0.3 is 15.4 Å². The van der Waals surface area contributed by atoms with Gasteiger partial charge in [0, 0.05) is 24.6 Å². The highest BCUT2D eigenvalue weighted by molar-refractivity contribution is 5.98. The number of rotatable bonds is 6. The minimum atomic E-state index is -1.05. The van der Waals surface area contributed by atoms with Crippen LogP contribution in [0, 0.1) is 5.82 Å². The Labute approximate surface area is 150 Å². The number of carbonyl (C=O) groups excluding carboxylic acids is 3. The molecule has 2 amide bonds. The molecule has 136 valence electrons. The van der Waals surface area contributed by atoms with E-state index in [2.05, 4.69) is 10.6 Å². The lowest BCUT2D eigenvalue weighted by Gasteiger charge is -2.17. The van der Waals surface area contributed by atoms with Crippen molar-refractivity contribution < 1.29 is 23.5 Å². The van der Waals surface area contributed by atoms with Crippen molar-refractivity contribution in [1.82, 2.24) is 5.32 Å². The van der Waals surface area contributed by atoms with E-state index in [0.717, 1.165) is 0 Å². The zero-order chi connectivity index (χ0) is 19.1. The molecule has 2 aromatic rings. The van der Waals surface area contributed by atoms with Gasteiger partial charge in [-0.1, -0.05) is 24.3 Å². The van der Waals surface area contributed by atoms with Gasteiger partial charge in [0.15, 0.2) is 0 Å². The number of anilines is 1. The molecule has 0 aliphatic carbocycles. The summed E-state index contributed by atoms with van der Waals surface area (Å²) in [6.45, 7) is 1.36. The Kier molecular flexibility index (Phi) is 6.43. The van der Waals surface area contributed by atoms with Crippen LogP contribution < -0.4 is 10.6 Å². The van der Waals surface area contributed by atoms with Crippen LogP contribution in [0.2, 0.25) is 0 Å². The summed E-state index contributed by atoms with van der Waals surface area (Å²) in [6, 6.07) is 11.2. The van der Waals surface area contributed by atoms with E-state index in [4.69, 9.17) is 4.74 Å². The Bertz CT molecular complexity index is 823. The van der Waals surface area contributed by atoms with Crippen LogP contribution in [-0.4, -0.2) is 30.9 Å². The van der Waals surface area contributed by atoms with E-state index in [1.54, 1.807) is 18.2 Å². The molecule has 0 aromatic heterocycles. The number of hydrogen-bond acceptors (Lipinski definition) is 4. The molecule has 2 N–H and O–H groups in total. The second kappa shape index (κ2) is 8.75. The summed E-state index contributed by atoms with van der Waals surface area (Å²) in [5.74, 6) is -1.96. The number of nitrogens with one attached hydrogen (secondary N) is 2. The average molecular weight is 358 g/mol. The van der Waals surface area contributed by atoms with Crippen molar-refractivity contribution >= 4 is 23.5 Å². The van der Waals surface area contributed by atoms with Gasteiger partial charge in [-0.05, 0) is 29.8 Å². The molecule has 0 saturated heterocycles. The van der Waals surface area contributed by atoms with Crippen LogP contribution in [0.1, 0.15) is 22.8 Å². The minimum Gasteiger partial charge on any atom is -0.467 e. The maximum atomic E-state index is 13.8. The third-order valence-corrected chi connectivity index (χ3v) is 3.62. The lowest BCUT2D eigenvalue weighted by molar-refractivity contribution is -0.142. The highest BCUT2D eigenvalue weighted by atomic mass is 19.1. The molecular formula is C19H19FN2O4. The topological polar surface area (TPSA) is 84.5 Å². The number of benzene rings is 2. The maximum Gasteiger partial charge on any atom is 0.328 e. The number of esters is 1. The first-order chi connectivity index (χ1) is 12.4. The van der Waals surface area contributed by atoms with E-state index in [1.807, 2.05) is 0 Å². The summed E-state index contributed by atoms with van der Waals surface area (Å²) < 4.78 is 18.6. The lowest BCUT2D eigenvalue weighted by Crippen LogP contribution is -2.43. The SMILES string of the molecule is COC(=O)[C@@H](Cc1ccccc1F)NC(=O)c1cccc(NC(C)=O)c1. The molecule has 0 aliphatic rings. The van der Waals surface area contributed by atoms with Crippen molar-refractivity contribution in [2.24, 2.45) is 0 Å². The molecule has 0 saturated carbocycles. The van der Waals surface area contributed by atoms with Gasteiger partial charge in [-0.25, -0.2) is 9.18 Å². The number of halogens is 1. The van der Waals surface area contributed by atoms with Gasteiger partial charge in [0.1, 0.15) is 11.9 Å². The molecule has 0 fully saturated rings. The van der Waals surface area contributed by atoms with Crippen LogP contribution in [-0.2, 0) is 20.7 Å². The van der Waals surface area contributed by atoms with Crippen LogP contribution in [0.3, 0.4) is 0 Å². The fraction of sp³-hybridized carbons (Fsp3) is 0.211. The van der Waals surface area contributed by atoms with Gasteiger partial charge in [0.05, 0.1) is 7.11 Å². The van der Waals surface area contributed by atoms with E-state index in [0.29, 0.717) is 5.69 Å². The normalized spacial score (nSPS) is 11.3. The number of hydrogen-bond donors (Lipinski definition) is 2. The third kappa shape index (κ3) is 5.14. The van der Waals surface area contributed by atoms with Gasteiger partial charge >= 0.3 is 5.97 Å². The summed E-state index contributed by atoms with van der Waals surface area (Å²) >= 11 is 0. The summed E-state index contributed by atoms with van der Waals surface area (Å²) in [5.41, 5.74) is 0.989. The van der Waals surface area contributed by atoms with Crippen molar-refractivity contribution in [3.8, 4) is 0 Å². The second-order valence-electron chi connectivity index (χ2n) is 5.61. The van der Waals surface area contributed by atoms with Crippen molar-refractivity contribution in [1.29, 1.82) is 0 Å². The first-order valence-electron chi connectivity index (χ1n) is 7.90. The monoisotopic (exact) mass is 358 g/mol. The van der Waals surface area contributed by atoms with Crippen LogP contribution in [0.4, 0.5) is 10.1 Å². The van der Waals surface area contributed by atoms with Gasteiger partial charge in [0.25, 0.3) is 5.91 Å². The van der Waals surface area contributed by atoms with E-state index >= 15 is 0 Å². The van der Waals surface area contributed by atoms with Gasteiger partial charge in [-0.3, -0.25) is 9.59 Å². The molecule has 0 radical (unpaired) electrons. The summed E-state index contributed by atoms with van der Waals surface area (Å²) in [6.07, 6.45) is -0.0452. The molecule has 2 aromatic carbocycles. The molecule has 0 aliphatic heterocycles. The molecule has 0 spiro atoms. The molecule has 0 bridgehead atoms. The Balaban J connectivity index is 2.17. The number of amides is 2. The molecule has 26 heavy (non-hydrogen) atoms. The predicted molar refractivity (Wildman–Crippen MR) is 94.1 cm³/mol. The second-order valence-corrected chi connectivity index (χ2v) is 5.61. The zero-order valence-electron chi connectivity index (χ0n) is 14.4. The highest BCUT2D eigenvalue weighted by Crippen LogP contribution is 2.13. The third-order valence-electron chi connectivity index (χ3n) is 3.62. The summed E-state index contributed by atoms with van der Waals surface area (Å²) in [5, 5.41) is 5.12. The van der Waals surface area contributed by atoms with Crippen molar-refractivity contribution in [2.45, 2.75) is 19.4 Å². The quantitative estimate of drug-likeness (QED) is 0.776. The molecule has 0 unspecified atom stereocenters. The van der Waals surface area contributed by atoms with Gasteiger partial charge in [-0.2, -0.15) is 0 Å². The van der Waals surface area contributed by atoms with Crippen LogP contribution in [0.15, 0.2) is 48.5 Å². The van der Waals surface area contributed by atoms with E-state index in [1.165, 1.54) is 44.4 Å². The Hall–Kier alpha value is -3.22.